The minimum absolute atomic E-state index is 0.215. The predicted molar refractivity (Wildman–Crippen MR) is 92.2 cm³/mol. The largest absolute Gasteiger partial charge is 0.495 e. The Bertz CT molecular complexity index is 667. The zero-order valence-electron chi connectivity index (χ0n) is 14.0. The first-order valence-electron chi connectivity index (χ1n) is 7.72. The van der Waals surface area contributed by atoms with Crippen LogP contribution in [0.25, 0.3) is 0 Å². The molecule has 0 spiro atoms. The van der Waals surface area contributed by atoms with Crippen molar-refractivity contribution in [3.05, 3.63) is 54.1 Å². The molecule has 0 aromatic heterocycles. The summed E-state index contributed by atoms with van der Waals surface area (Å²) in [5, 5.41) is 2.84. The van der Waals surface area contributed by atoms with E-state index in [0.717, 1.165) is 11.3 Å². The average molecular weight is 313 g/mol. The molecule has 0 radical (unpaired) electrons. The van der Waals surface area contributed by atoms with Gasteiger partial charge in [0.1, 0.15) is 11.5 Å². The summed E-state index contributed by atoms with van der Waals surface area (Å²) >= 11 is 0. The number of ether oxygens (including phenoxy) is 2. The van der Waals surface area contributed by atoms with Gasteiger partial charge in [0, 0.05) is 0 Å². The highest BCUT2D eigenvalue weighted by Crippen LogP contribution is 2.27. The third kappa shape index (κ3) is 4.25. The van der Waals surface area contributed by atoms with Crippen LogP contribution in [0.3, 0.4) is 0 Å². The fourth-order valence-electron chi connectivity index (χ4n) is 2.29. The molecule has 1 atom stereocenters. The van der Waals surface area contributed by atoms with Crippen LogP contribution in [0.2, 0.25) is 0 Å². The van der Waals surface area contributed by atoms with Gasteiger partial charge < -0.3 is 14.8 Å². The van der Waals surface area contributed by atoms with Gasteiger partial charge in [-0.1, -0.05) is 44.2 Å². The predicted octanol–water partition coefficient (Wildman–Crippen LogP) is 4.22. The Morgan fingerprint density at radius 1 is 0.957 bits per heavy atom. The Balaban J connectivity index is 2.09. The summed E-state index contributed by atoms with van der Waals surface area (Å²) in [6.07, 6.45) is -0.611. The van der Waals surface area contributed by atoms with Gasteiger partial charge in [0.05, 0.1) is 12.8 Å². The summed E-state index contributed by atoms with van der Waals surface area (Å²) in [6, 6.07) is 15.1. The van der Waals surface area contributed by atoms with E-state index in [1.807, 2.05) is 36.4 Å². The highest BCUT2D eigenvalue weighted by Gasteiger charge is 2.18. The lowest BCUT2D eigenvalue weighted by Crippen LogP contribution is -2.30. The van der Waals surface area contributed by atoms with Gasteiger partial charge in [0.15, 0.2) is 6.10 Å². The van der Waals surface area contributed by atoms with Crippen molar-refractivity contribution in [1.29, 1.82) is 0 Å². The lowest BCUT2D eigenvalue weighted by atomic mass is 10.0. The summed E-state index contributed by atoms with van der Waals surface area (Å²) in [7, 11) is 1.57. The van der Waals surface area contributed by atoms with Gasteiger partial charge in [0.2, 0.25) is 0 Å². The Labute approximate surface area is 137 Å². The lowest BCUT2D eigenvalue weighted by Gasteiger charge is -2.19. The molecule has 0 fully saturated rings. The highest BCUT2D eigenvalue weighted by molar-refractivity contribution is 5.95. The van der Waals surface area contributed by atoms with E-state index in [0.29, 0.717) is 17.4 Å². The van der Waals surface area contributed by atoms with Crippen LogP contribution in [-0.2, 0) is 4.79 Å². The summed E-state index contributed by atoms with van der Waals surface area (Å²) in [6.45, 7) is 5.94. The summed E-state index contributed by atoms with van der Waals surface area (Å²) in [4.78, 5) is 12.4. The van der Waals surface area contributed by atoms with Crippen molar-refractivity contribution in [2.75, 3.05) is 12.4 Å². The smallest absolute Gasteiger partial charge is 0.265 e. The third-order valence-corrected chi connectivity index (χ3v) is 3.58. The number of nitrogens with one attached hydrogen (secondary N) is 1. The number of carbonyl (C=O) groups is 1. The van der Waals surface area contributed by atoms with Gasteiger partial charge in [-0.3, -0.25) is 4.79 Å². The summed E-state index contributed by atoms with van der Waals surface area (Å²) < 4.78 is 11.1. The van der Waals surface area contributed by atoms with Crippen LogP contribution in [0.15, 0.2) is 48.5 Å². The molecule has 2 aromatic rings. The van der Waals surface area contributed by atoms with Crippen LogP contribution >= 0.6 is 0 Å². The van der Waals surface area contributed by atoms with Crippen LogP contribution in [0.4, 0.5) is 5.69 Å². The molecule has 1 amide bonds. The van der Waals surface area contributed by atoms with E-state index in [-0.39, 0.29) is 5.91 Å². The van der Waals surface area contributed by atoms with Gasteiger partial charge in [-0.2, -0.15) is 0 Å². The zero-order chi connectivity index (χ0) is 16.8. The molecule has 0 aliphatic rings. The van der Waals surface area contributed by atoms with Gasteiger partial charge >= 0.3 is 0 Å². The number of hydrogen-bond acceptors (Lipinski definition) is 3. The molecule has 4 heteroatoms. The maximum atomic E-state index is 12.4. The number of hydrogen-bond donors (Lipinski definition) is 1. The van der Waals surface area contributed by atoms with E-state index in [2.05, 4.69) is 19.2 Å². The second-order valence-electron chi connectivity index (χ2n) is 5.64. The molecule has 23 heavy (non-hydrogen) atoms. The third-order valence-electron chi connectivity index (χ3n) is 3.58. The van der Waals surface area contributed by atoms with Gasteiger partial charge in [-0.15, -0.1) is 0 Å². The van der Waals surface area contributed by atoms with Crippen molar-refractivity contribution >= 4 is 11.6 Å². The van der Waals surface area contributed by atoms with E-state index < -0.39 is 6.10 Å². The first-order chi connectivity index (χ1) is 11.0. The van der Waals surface area contributed by atoms with Crippen molar-refractivity contribution in [3.8, 4) is 11.5 Å². The molecule has 0 heterocycles. The molecule has 122 valence electrons. The number of carbonyl (C=O) groups excluding carboxylic acids is 1. The summed E-state index contributed by atoms with van der Waals surface area (Å²) in [5.41, 5.74) is 1.72. The summed E-state index contributed by atoms with van der Waals surface area (Å²) in [5.74, 6) is 1.48. The molecule has 0 aliphatic heterocycles. The van der Waals surface area contributed by atoms with Crippen molar-refractivity contribution in [1.82, 2.24) is 0 Å². The Morgan fingerprint density at radius 2 is 1.57 bits per heavy atom. The van der Waals surface area contributed by atoms with Crippen LogP contribution in [0.1, 0.15) is 32.3 Å². The van der Waals surface area contributed by atoms with Gasteiger partial charge in [0.25, 0.3) is 5.91 Å². The number of anilines is 1. The first-order valence-corrected chi connectivity index (χ1v) is 7.72. The van der Waals surface area contributed by atoms with Crippen LogP contribution in [0, 0.1) is 0 Å². The second-order valence-corrected chi connectivity index (χ2v) is 5.64. The lowest BCUT2D eigenvalue weighted by molar-refractivity contribution is -0.122. The molecular weight excluding hydrogens is 290 g/mol. The van der Waals surface area contributed by atoms with E-state index in [1.165, 1.54) is 0 Å². The molecule has 0 saturated heterocycles. The minimum Gasteiger partial charge on any atom is -0.495 e. The van der Waals surface area contributed by atoms with Crippen LogP contribution in [0.5, 0.6) is 11.5 Å². The Morgan fingerprint density at radius 3 is 2.22 bits per heavy atom. The SMILES string of the molecule is COc1ccccc1NC(=O)[C@H](C)Oc1ccccc1C(C)C. The number of benzene rings is 2. The molecule has 0 aliphatic carbocycles. The molecule has 2 rings (SSSR count). The standard InChI is InChI=1S/C19H23NO3/c1-13(2)15-9-5-7-11-17(15)23-14(3)19(21)20-16-10-6-8-12-18(16)22-4/h5-14H,1-4H3,(H,20,21)/t14-/m0/s1. The normalized spacial score (nSPS) is 11.9. The van der Waals surface area contributed by atoms with Crippen molar-refractivity contribution < 1.29 is 14.3 Å². The highest BCUT2D eigenvalue weighted by atomic mass is 16.5. The van der Waals surface area contributed by atoms with Crippen LogP contribution < -0.4 is 14.8 Å². The van der Waals surface area contributed by atoms with E-state index in [4.69, 9.17) is 9.47 Å². The van der Waals surface area contributed by atoms with Gasteiger partial charge in [-0.05, 0) is 36.6 Å². The topological polar surface area (TPSA) is 47.6 Å². The molecule has 1 N–H and O–H groups in total. The fraction of sp³-hybridized carbons (Fsp3) is 0.316. The fourth-order valence-corrected chi connectivity index (χ4v) is 2.29. The maximum absolute atomic E-state index is 12.4. The second kappa shape index (κ2) is 7.68. The zero-order valence-corrected chi connectivity index (χ0v) is 14.0. The first kappa shape index (κ1) is 16.9. The molecule has 0 unspecified atom stereocenters. The minimum atomic E-state index is -0.611. The quantitative estimate of drug-likeness (QED) is 0.868. The average Bonchev–Trinajstić information content (AvgIpc) is 2.55. The van der Waals surface area contributed by atoms with Crippen molar-refractivity contribution in [2.24, 2.45) is 0 Å². The number of methoxy groups -OCH3 is 1. The van der Waals surface area contributed by atoms with Crippen molar-refractivity contribution in [2.45, 2.75) is 32.8 Å². The van der Waals surface area contributed by atoms with E-state index in [1.54, 1.807) is 26.2 Å². The molecule has 2 aromatic carbocycles. The maximum Gasteiger partial charge on any atom is 0.265 e. The van der Waals surface area contributed by atoms with Crippen LogP contribution in [-0.4, -0.2) is 19.1 Å². The molecule has 0 saturated carbocycles. The monoisotopic (exact) mass is 313 g/mol. The van der Waals surface area contributed by atoms with Crippen molar-refractivity contribution in [3.63, 3.8) is 0 Å². The molecular formula is C19H23NO3. The molecule has 4 nitrogen and oxygen atoms in total. The van der Waals surface area contributed by atoms with Gasteiger partial charge in [-0.25, -0.2) is 0 Å². The Kier molecular flexibility index (Phi) is 5.63. The number of rotatable bonds is 6. The number of para-hydroxylation sites is 3. The van der Waals surface area contributed by atoms with E-state index >= 15 is 0 Å². The Hall–Kier alpha value is -2.49. The number of amides is 1. The molecule has 0 bridgehead atoms. The van der Waals surface area contributed by atoms with E-state index in [9.17, 15) is 4.79 Å².